The van der Waals surface area contributed by atoms with Gasteiger partial charge >= 0.3 is 0 Å². The number of nitrogens with one attached hydrogen (secondary N) is 1. The van der Waals surface area contributed by atoms with Gasteiger partial charge in [-0.3, -0.25) is 4.79 Å². The lowest BCUT2D eigenvalue weighted by molar-refractivity contribution is -0.129. The van der Waals surface area contributed by atoms with E-state index in [1.54, 1.807) is 6.92 Å². The lowest BCUT2D eigenvalue weighted by Gasteiger charge is -2.23. The molecule has 0 aliphatic carbocycles. The first-order chi connectivity index (χ1) is 9.20. The molecule has 1 fully saturated rings. The van der Waals surface area contributed by atoms with E-state index in [4.69, 9.17) is 0 Å². The average molecular weight is 258 g/mol. The molecule has 3 rings (SSSR count). The fraction of sp³-hybridized carbons (Fsp3) is 0.429. The van der Waals surface area contributed by atoms with Crippen molar-refractivity contribution in [2.45, 2.75) is 25.8 Å². The Kier molecular flexibility index (Phi) is 2.89. The van der Waals surface area contributed by atoms with Gasteiger partial charge in [0.1, 0.15) is 5.82 Å². The summed E-state index contributed by atoms with van der Waals surface area (Å²) < 4.78 is 2.06. The molecule has 5 nitrogen and oxygen atoms in total. The van der Waals surface area contributed by atoms with Crippen molar-refractivity contribution in [3.63, 3.8) is 0 Å². The van der Waals surface area contributed by atoms with Crippen LogP contribution in [0.15, 0.2) is 24.5 Å². The summed E-state index contributed by atoms with van der Waals surface area (Å²) in [6.07, 6.45) is 6.07. The molecule has 100 valence electrons. The van der Waals surface area contributed by atoms with Crippen LogP contribution in [-0.4, -0.2) is 33.8 Å². The minimum absolute atomic E-state index is 0.108. The first-order valence-corrected chi connectivity index (χ1v) is 6.63. The lowest BCUT2D eigenvalue weighted by Crippen LogP contribution is -2.28. The molecule has 1 saturated heterocycles. The molecule has 2 aromatic rings. The van der Waals surface area contributed by atoms with E-state index in [0.717, 1.165) is 36.4 Å². The standard InChI is InChI=1S/C14H18N4O/c1-10(19)18-8-4-5-12(18)11-9-17-7-3-6-13(17)14(15-2)16-11/h3,6-7,9,12H,4-5,8H2,1-2H3,(H,15,16). The summed E-state index contributed by atoms with van der Waals surface area (Å²) in [5.41, 5.74) is 2.01. The van der Waals surface area contributed by atoms with Gasteiger partial charge in [0, 0.05) is 32.9 Å². The van der Waals surface area contributed by atoms with E-state index >= 15 is 0 Å². The molecular weight excluding hydrogens is 240 g/mol. The highest BCUT2D eigenvalue weighted by Gasteiger charge is 2.29. The number of aromatic nitrogens is 2. The highest BCUT2D eigenvalue weighted by molar-refractivity contribution is 5.74. The van der Waals surface area contributed by atoms with E-state index in [-0.39, 0.29) is 11.9 Å². The number of amides is 1. The molecule has 1 aliphatic rings. The summed E-state index contributed by atoms with van der Waals surface area (Å²) in [4.78, 5) is 18.3. The minimum Gasteiger partial charge on any atom is -0.371 e. The van der Waals surface area contributed by atoms with Crippen molar-refractivity contribution in [1.29, 1.82) is 0 Å². The number of hydrogen-bond donors (Lipinski definition) is 1. The van der Waals surface area contributed by atoms with Crippen LogP contribution in [0.3, 0.4) is 0 Å². The largest absolute Gasteiger partial charge is 0.371 e. The fourth-order valence-electron chi connectivity index (χ4n) is 2.86. The molecule has 5 heteroatoms. The average Bonchev–Trinajstić information content (AvgIpc) is 3.05. The van der Waals surface area contributed by atoms with Gasteiger partial charge in [-0.15, -0.1) is 0 Å². The molecule has 1 unspecified atom stereocenters. The number of rotatable bonds is 2. The number of hydrogen-bond acceptors (Lipinski definition) is 3. The zero-order valence-electron chi connectivity index (χ0n) is 11.3. The SMILES string of the molecule is CNc1nc(C2CCCN2C(C)=O)cn2cccc12. The summed E-state index contributed by atoms with van der Waals surface area (Å²) >= 11 is 0. The quantitative estimate of drug-likeness (QED) is 0.897. The molecule has 0 spiro atoms. The van der Waals surface area contributed by atoms with Gasteiger partial charge in [-0.1, -0.05) is 0 Å². The maximum atomic E-state index is 11.7. The molecule has 1 atom stereocenters. The molecule has 1 aliphatic heterocycles. The molecule has 0 radical (unpaired) electrons. The molecule has 19 heavy (non-hydrogen) atoms. The van der Waals surface area contributed by atoms with Crippen molar-refractivity contribution in [3.8, 4) is 0 Å². The van der Waals surface area contributed by atoms with Crippen LogP contribution in [0.5, 0.6) is 0 Å². The van der Waals surface area contributed by atoms with Crippen molar-refractivity contribution >= 4 is 17.2 Å². The molecule has 0 aromatic carbocycles. The van der Waals surface area contributed by atoms with Gasteiger partial charge in [-0.2, -0.15) is 0 Å². The van der Waals surface area contributed by atoms with Gasteiger partial charge in [-0.25, -0.2) is 4.98 Å². The predicted octanol–water partition coefficient (Wildman–Crippen LogP) is 2.06. The van der Waals surface area contributed by atoms with Gasteiger partial charge in [0.2, 0.25) is 5.91 Å². The summed E-state index contributed by atoms with van der Waals surface area (Å²) in [7, 11) is 1.87. The van der Waals surface area contributed by atoms with Gasteiger partial charge in [0.05, 0.1) is 17.3 Å². The van der Waals surface area contributed by atoms with Crippen molar-refractivity contribution in [2.24, 2.45) is 0 Å². The second-order valence-corrected chi connectivity index (χ2v) is 4.94. The zero-order chi connectivity index (χ0) is 13.4. The maximum Gasteiger partial charge on any atom is 0.220 e. The minimum atomic E-state index is 0.108. The third-order valence-electron chi connectivity index (χ3n) is 3.77. The van der Waals surface area contributed by atoms with Crippen molar-refractivity contribution in [1.82, 2.24) is 14.3 Å². The van der Waals surface area contributed by atoms with E-state index in [2.05, 4.69) is 14.7 Å². The normalized spacial score (nSPS) is 19.1. The number of anilines is 1. The Morgan fingerprint density at radius 2 is 2.37 bits per heavy atom. The predicted molar refractivity (Wildman–Crippen MR) is 74.1 cm³/mol. The van der Waals surface area contributed by atoms with Gasteiger partial charge in [0.25, 0.3) is 0 Å². The summed E-state index contributed by atoms with van der Waals surface area (Å²) in [5.74, 6) is 0.987. The first kappa shape index (κ1) is 12.0. The van der Waals surface area contributed by atoms with Crippen LogP contribution in [0.25, 0.3) is 5.52 Å². The van der Waals surface area contributed by atoms with E-state index in [9.17, 15) is 4.79 Å². The van der Waals surface area contributed by atoms with E-state index in [0.29, 0.717) is 0 Å². The van der Waals surface area contributed by atoms with Crippen molar-refractivity contribution < 1.29 is 4.79 Å². The van der Waals surface area contributed by atoms with Crippen LogP contribution in [-0.2, 0) is 4.79 Å². The number of likely N-dealkylation sites (tertiary alicyclic amines) is 1. The lowest BCUT2D eigenvalue weighted by atomic mass is 10.1. The monoisotopic (exact) mass is 258 g/mol. The summed E-state index contributed by atoms with van der Waals surface area (Å²) in [6, 6.07) is 4.13. The van der Waals surface area contributed by atoms with Gasteiger partial charge < -0.3 is 14.6 Å². The molecule has 1 N–H and O–H groups in total. The highest BCUT2D eigenvalue weighted by Crippen LogP contribution is 2.32. The number of carbonyl (C=O) groups excluding carboxylic acids is 1. The molecule has 0 bridgehead atoms. The van der Waals surface area contributed by atoms with Crippen LogP contribution in [0.4, 0.5) is 5.82 Å². The molecule has 0 saturated carbocycles. The smallest absolute Gasteiger partial charge is 0.220 e. The number of nitrogens with zero attached hydrogens (tertiary/aromatic N) is 3. The fourth-order valence-corrected chi connectivity index (χ4v) is 2.86. The Morgan fingerprint density at radius 1 is 1.53 bits per heavy atom. The Hall–Kier alpha value is -2.04. The Labute approximate surface area is 112 Å². The molecule has 2 aromatic heterocycles. The second-order valence-electron chi connectivity index (χ2n) is 4.94. The number of carbonyl (C=O) groups is 1. The maximum absolute atomic E-state index is 11.7. The third kappa shape index (κ3) is 1.95. The van der Waals surface area contributed by atoms with Crippen molar-refractivity contribution in [3.05, 3.63) is 30.2 Å². The topological polar surface area (TPSA) is 49.6 Å². The molecule has 3 heterocycles. The van der Waals surface area contributed by atoms with Crippen LogP contribution in [0.1, 0.15) is 31.5 Å². The van der Waals surface area contributed by atoms with Crippen LogP contribution in [0, 0.1) is 0 Å². The van der Waals surface area contributed by atoms with Crippen LogP contribution in [0.2, 0.25) is 0 Å². The summed E-state index contributed by atoms with van der Waals surface area (Å²) in [6.45, 7) is 2.46. The first-order valence-electron chi connectivity index (χ1n) is 6.63. The Balaban J connectivity index is 2.07. The van der Waals surface area contributed by atoms with Gasteiger partial charge in [-0.05, 0) is 25.0 Å². The molecule has 1 amide bonds. The van der Waals surface area contributed by atoms with Crippen LogP contribution >= 0.6 is 0 Å². The zero-order valence-corrected chi connectivity index (χ0v) is 11.3. The van der Waals surface area contributed by atoms with Crippen LogP contribution < -0.4 is 5.32 Å². The summed E-state index contributed by atoms with van der Waals surface area (Å²) in [5, 5.41) is 3.13. The van der Waals surface area contributed by atoms with Crippen molar-refractivity contribution in [2.75, 3.05) is 18.9 Å². The Bertz CT molecular complexity index is 619. The second kappa shape index (κ2) is 4.57. The van der Waals surface area contributed by atoms with E-state index in [1.807, 2.05) is 36.5 Å². The molecular formula is C14H18N4O. The highest BCUT2D eigenvalue weighted by atomic mass is 16.2. The van der Waals surface area contributed by atoms with E-state index in [1.165, 1.54) is 0 Å². The van der Waals surface area contributed by atoms with E-state index < -0.39 is 0 Å². The van der Waals surface area contributed by atoms with Gasteiger partial charge in [0.15, 0.2) is 0 Å². The Morgan fingerprint density at radius 3 is 3.11 bits per heavy atom. The number of fused-ring (bicyclic) bond motifs is 1. The third-order valence-corrected chi connectivity index (χ3v) is 3.77.